The van der Waals surface area contributed by atoms with Gasteiger partial charge in [0.2, 0.25) is 10.0 Å². The Morgan fingerprint density at radius 3 is 2.71 bits per heavy atom. The lowest BCUT2D eigenvalue weighted by Gasteiger charge is -2.30. The Hall–Kier alpha value is -2.62. The normalized spacial score (nSPS) is 18.4. The third-order valence-electron chi connectivity index (χ3n) is 5.29. The molecule has 6 nitrogen and oxygen atoms in total. The summed E-state index contributed by atoms with van der Waals surface area (Å²) in [6.07, 6.45) is 2.88. The molecule has 0 spiro atoms. The highest BCUT2D eigenvalue weighted by molar-refractivity contribution is 7.89. The Balaban J connectivity index is 1.61. The van der Waals surface area contributed by atoms with E-state index in [9.17, 15) is 17.6 Å². The van der Waals surface area contributed by atoms with E-state index >= 15 is 0 Å². The van der Waals surface area contributed by atoms with Crippen LogP contribution in [0, 0.1) is 11.7 Å². The summed E-state index contributed by atoms with van der Waals surface area (Å²) in [5, 5.41) is 0. The number of sulfonamides is 1. The number of carbonyl (C=O) groups excluding carboxylic acids is 1. The van der Waals surface area contributed by atoms with E-state index in [2.05, 4.69) is 11.6 Å². The van der Waals surface area contributed by atoms with Crippen molar-refractivity contribution in [2.45, 2.75) is 24.3 Å². The van der Waals surface area contributed by atoms with Gasteiger partial charge < -0.3 is 4.57 Å². The smallest absolute Gasteiger partial charge is 0.252 e. The molecule has 1 aromatic heterocycles. The minimum atomic E-state index is -3.80. The van der Waals surface area contributed by atoms with Crippen molar-refractivity contribution in [1.82, 2.24) is 8.87 Å². The number of hydrogen-bond acceptors (Lipinski definition) is 4. The highest BCUT2D eigenvalue weighted by Gasteiger charge is 2.33. The van der Waals surface area contributed by atoms with Gasteiger partial charge in [-0.3, -0.25) is 4.79 Å². The third kappa shape index (κ3) is 4.39. The SMILES string of the molecule is C=CCn1c(=NC(=O)C2CCCN(S(=O)(=O)c3ccc(F)cc3)C2)sc2ccccc21. The molecule has 162 valence electrons. The van der Waals surface area contributed by atoms with Crippen LogP contribution in [0.3, 0.4) is 0 Å². The molecule has 0 N–H and O–H groups in total. The number of nitrogens with zero attached hydrogens (tertiary/aromatic N) is 3. The number of thiazole rings is 1. The first-order valence-electron chi connectivity index (χ1n) is 9.93. The number of rotatable bonds is 5. The number of para-hydroxylation sites is 1. The number of amides is 1. The molecule has 1 aliphatic rings. The van der Waals surface area contributed by atoms with E-state index in [1.54, 1.807) is 6.08 Å². The maximum absolute atomic E-state index is 13.2. The number of fused-ring (bicyclic) bond motifs is 1. The van der Waals surface area contributed by atoms with Gasteiger partial charge in [-0.15, -0.1) is 6.58 Å². The van der Waals surface area contributed by atoms with E-state index in [0.717, 1.165) is 22.3 Å². The van der Waals surface area contributed by atoms with Crippen molar-refractivity contribution < 1.29 is 17.6 Å². The summed E-state index contributed by atoms with van der Waals surface area (Å²) >= 11 is 1.42. The molecule has 0 bridgehead atoms. The van der Waals surface area contributed by atoms with Gasteiger partial charge in [-0.1, -0.05) is 29.5 Å². The summed E-state index contributed by atoms with van der Waals surface area (Å²) in [7, 11) is -3.80. The van der Waals surface area contributed by atoms with Crippen LogP contribution in [0.15, 0.2) is 71.1 Å². The zero-order chi connectivity index (χ0) is 22.0. The average Bonchev–Trinajstić information content (AvgIpc) is 3.11. The van der Waals surface area contributed by atoms with Crippen LogP contribution < -0.4 is 4.80 Å². The Kier molecular flexibility index (Phi) is 6.17. The lowest BCUT2D eigenvalue weighted by atomic mass is 9.99. The fraction of sp³-hybridized carbons (Fsp3) is 0.273. The predicted molar refractivity (Wildman–Crippen MR) is 118 cm³/mol. The summed E-state index contributed by atoms with van der Waals surface area (Å²) < 4.78 is 43.3. The summed E-state index contributed by atoms with van der Waals surface area (Å²) in [6, 6.07) is 12.5. The van der Waals surface area contributed by atoms with Crippen LogP contribution in [-0.4, -0.2) is 36.3 Å². The highest BCUT2D eigenvalue weighted by atomic mass is 32.2. The number of allylic oxidation sites excluding steroid dienone is 1. The van der Waals surface area contributed by atoms with Gasteiger partial charge in [0.25, 0.3) is 5.91 Å². The number of piperidine rings is 1. The van der Waals surface area contributed by atoms with E-state index in [-0.39, 0.29) is 17.3 Å². The molecular formula is C22H22FN3O3S2. The number of benzene rings is 2. The zero-order valence-electron chi connectivity index (χ0n) is 16.8. The van der Waals surface area contributed by atoms with E-state index in [1.807, 2.05) is 28.8 Å². The van der Waals surface area contributed by atoms with Crippen LogP contribution in [0.25, 0.3) is 10.2 Å². The molecule has 2 heterocycles. The number of aromatic nitrogens is 1. The molecule has 0 aliphatic carbocycles. The monoisotopic (exact) mass is 459 g/mol. The molecule has 1 unspecified atom stereocenters. The summed E-state index contributed by atoms with van der Waals surface area (Å²) in [5.74, 6) is -1.35. The number of carbonyl (C=O) groups is 1. The van der Waals surface area contributed by atoms with E-state index < -0.39 is 21.8 Å². The quantitative estimate of drug-likeness (QED) is 0.548. The maximum Gasteiger partial charge on any atom is 0.252 e. The molecule has 0 saturated carbocycles. The lowest BCUT2D eigenvalue weighted by Crippen LogP contribution is -2.42. The second-order valence-corrected chi connectivity index (χ2v) is 10.3. The Morgan fingerprint density at radius 1 is 1.23 bits per heavy atom. The molecule has 1 saturated heterocycles. The molecule has 1 atom stereocenters. The molecule has 31 heavy (non-hydrogen) atoms. The van der Waals surface area contributed by atoms with Gasteiger partial charge in [-0.25, -0.2) is 12.8 Å². The van der Waals surface area contributed by atoms with Crippen molar-refractivity contribution in [1.29, 1.82) is 0 Å². The molecule has 1 fully saturated rings. The van der Waals surface area contributed by atoms with Gasteiger partial charge in [-0.2, -0.15) is 9.30 Å². The molecule has 0 radical (unpaired) electrons. The summed E-state index contributed by atoms with van der Waals surface area (Å²) in [6.45, 7) is 4.69. The summed E-state index contributed by atoms with van der Waals surface area (Å²) in [4.78, 5) is 17.9. The molecule has 1 aliphatic heterocycles. The minimum absolute atomic E-state index is 0.0206. The molecular weight excluding hydrogens is 437 g/mol. The van der Waals surface area contributed by atoms with E-state index in [0.29, 0.717) is 30.7 Å². The second-order valence-electron chi connectivity index (χ2n) is 7.36. The standard InChI is InChI=1S/C22H22FN3O3S2/c1-2-13-26-19-7-3-4-8-20(19)30-22(26)24-21(27)16-6-5-14-25(15-16)31(28,29)18-11-9-17(23)10-12-18/h2-4,7-12,16H,1,5-6,13-15H2. The largest absolute Gasteiger partial charge is 0.313 e. The van der Waals surface area contributed by atoms with Gasteiger partial charge in [0.15, 0.2) is 4.80 Å². The topological polar surface area (TPSA) is 71.7 Å². The first-order chi connectivity index (χ1) is 14.9. The van der Waals surface area contributed by atoms with Crippen LogP contribution in [0.1, 0.15) is 12.8 Å². The van der Waals surface area contributed by atoms with E-state index in [1.165, 1.54) is 27.8 Å². The number of hydrogen-bond donors (Lipinski definition) is 0. The maximum atomic E-state index is 13.2. The zero-order valence-corrected chi connectivity index (χ0v) is 18.4. The number of halogens is 1. The molecule has 1 amide bonds. The first-order valence-corrected chi connectivity index (χ1v) is 12.2. The van der Waals surface area contributed by atoms with Crippen molar-refractivity contribution in [2.24, 2.45) is 10.9 Å². The van der Waals surface area contributed by atoms with Crippen LogP contribution in [0.2, 0.25) is 0 Å². The second kappa shape index (κ2) is 8.86. The van der Waals surface area contributed by atoms with E-state index in [4.69, 9.17) is 0 Å². The van der Waals surface area contributed by atoms with Gasteiger partial charge in [-0.05, 0) is 49.2 Å². The average molecular weight is 460 g/mol. The van der Waals surface area contributed by atoms with Crippen LogP contribution in [0.4, 0.5) is 4.39 Å². The van der Waals surface area contributed by atoms with Crippen LogP contribution in [-0.2, 0) is 21.4 Å². The van der Waals surface area contributed by atoms with Gasteiger partial charge in [0.05, 0.1) is 21.0 Å². The van der Waals surface area contributed by atoms with Gasteiger partial charge >= 0.3 is 0 Å². The third-order valence-corrected chi connectivity index (χ3v) is 8.23. The minimum Gasteiger partial charge on any atom is -0.313 e. The van der Waals surface area contributed by atoms with Crippen LogP contribution in [0.5, 0.6) is 0 Å². The van der Waals surface area contributed by atoms with Gasteiger partial charge in [0.1, 0.15) is 5.82 Å². The molecule has 4 rings (SSSR count). The van der Waals surface area contributed by atoms with Crippen LogP contribution >= 0.6 is 11.3 Å². The highest BCUT2D eigenvalue weighted by Crippen LogP contribution is 2.25. The van der Waals surface area contributed by atoms with Crippen molar-refractivity contribution in [3.63, 3.8) is 0 Å². The Labute approximate surface area is 184 Å². The fourth-order valence-corrected chi connectivity index (χ4v) is 6.28. The molecule has 3 aromatic rings. The predicted octanol–water partition coefficient (Wildman–Crippen LogP) is 3.56. The van der Waals surface area contributed by atoms with Crippen molar-refractivity contribution >= 4 is 37.5 Å². The Bertz CT molecular complexity index is 1290. The Morgan fingerprint density at radius 2 is 1.97 bits per heavy atom. The summed E-state index contributed by atoms with van der Waals surface area (Å²) in [5.41, 5.74) is 0.975. The molecule has 2 aromatic carbocycles. The van der Waals surface area contributed by atoms with Gasteiger partial charge in [0, 0.05) is 19.6 Å². The molecule has 9 heteroatoms. The van der Waals surface area contributed by atoms with Crippen molar-refractivity contribution in [3.05, 3.63) is 71.8 Å². The van der Waals surface area contributed by atoms with Crippen molar-refractivity contribution in [2.75, 3.05) is 13.1 Å². The first kappa shape index (κ1) is 21.6. The van der Waals surface area contributed by atoms with Crippen molar-refractivity contribution in [3.8, 4) is 0 Å². The lowest BCUT2D eigenvalue weighted by molar-refractivity contribution is -0.122. The fourth-order valence-electron chi connectivity index (χ4n) is 3.72.